The average molecular weight is 263 g/mol. The SMILES string of the molecule is C=C(C(=O)Nc1ccc(C(=O)O)c(O)c1)C(C)CC. The van der Waals surface area contributed by atoms with Crippen LogP contribution in [-0.2, 0) is 4.79 Å². The number of carbonyl (C=O) groups is 2. The first-order chi connectivity index (χ1) is 8.86. The van der Waals surface area contributed by atoms with Crippen LogP contribution in [0.3, 0.4) is 0 Å². The highest BCUT2D eigenvalue weighted by Crippen LogP contribution is 2.23. The van der Waals surface area contributed by atoms with Gasteiger partial charge >= 0.3 is 5.97 Å². The van der Waals surface area contributed by atoms with E-state index in [1.54, 1.807) is 0 Å². The fraction of sp³-hybridized carbons (Fsp3) is 0.286. The van der Waals surface area contributed by atoms with Gasteiger partial charge in [0, 0.05) is 17.3 Å². The Bertz CT molecular complexity index is 522. The zero-order valence-electron chi connectivity index (χ0n) is 10.9. The Morgan fingerprint density at radius 3 is 2.53 bits per heavy atom. The van der Waals surface area contributed by atoms with Crippen molar-refractivity contribution in [3.63, 3.8) is 0 Å². The molecule has 0 heterocycles. The second-order valence-electron chi connectivity index (χ2n) is 4.33. The summed E-state index contributed by atoms with van der Waals surface area (Å²) < 4.78 is 0. The zero-order chi connectivity index (χ0) is 14.6. The molecule has 1 rings (SSSR count). The maximum absolute atomic E-state index is 11.8. The van der Waals surface area contributed by atoms with Crippen molar-refractivity contribution < 1.29 is 19.8 Å². The number of aromatic hydroxyl groups is 1. The van der Waals surface area contributed by atoms with Crippen LogP contribution in [0, 0.1) is 5.92 Å². The number of carboxylic acids is 1. The number of benzene rings is 1. The van der Waals surface area contributed by atoms with E-state index in [2.05, 4.69) is 11.9 Å². The van der Waals surface area contributed by atoms with E-state index in [1.807, 2.05) is 13.8 Å². The van der Waals surface area contributed by atoms with Crippen molar-refractivity contribution in [2.75, 3.05) is 5.32 Å². The van der Waals surface area contributed by atoms with Gasteiger partial charge in [0.15, 0.2) is 0 Å². The van der Waals surface area contributed by atoms with Crippen LogP contribution < -0.4 is 5.32 Å². The van der Waals surface area contributed by atoms with E-state index in [0.29, 0.717) is 11.3 Å². The number of nitrogens with one attached hydrogen (secondary N) is 1. The van der Waals surface area contributed by atoms with Gasteiger partial charge in [-0.25, -0.2) is 4.79 Å². The molecule has 5 heteroatoms. The lowest BCUT2D eigenvalue weighted by molar-refractivity contribution is -0.113. The smallest absolute Gasteiger partial charge is 0.339 e. The van der Waals surface area contributed by atoms with E-state index in [1.165, 1.54) is 18.2 Å². The molecule has 0 aliphatic heterocycles. The predicted molar refractivity (Wildman–Crippen MR) is 72.3 cm³/mol. The molecule has 0 aromatic heterocycles. The van der Waals surface area contributed by atoms with Gasteiger partial charge in [0.05, 0.1) is 0 Å². The number of hydrogen-bond donors (Lipinski definition) is 3. The summed E-state index contributed by atoms with van der Waals surface area (Å²) in [5.41, 5.74) is 0.569. The van der Waals surface area contributed by atoms with Crippen molar-refractivity contribution in [3.8, 4) is 5.75 Å². The monoisotopic (exact) mass is 263 g/mol. The third-order valence-corrected chi connectivity index (χ3v) is 2.98. The number of phenols is 1. The topological polar surface area (TPSA) is 86.6 Å². The Labute approximate surface area is 111 Å². The molecule has 0 bridgehead atoms. The van der Waals surface area contributed by atoms with Crippen molar-refractivity contribution in [3.05, 3.63) is 35.9 Å². The van der Waals surface area contributed by atoms with Gasteiger partial charge in [0.1, 0.15) is 11.3 Å². The lowest BCUT2D eigenvalue weighted by Gasteiger charge is -2.13. The minimum Gasteiger partial charge on any atom is -0.507 e. The van der Waals surface area contributed by atoms with Gasteiger partial charge in [-0.15, -0.1) is 0 Å². The molecule has 0 spiro atoms. The van der Waals surface area contributed by atoms with Gasteiger partial charge in [-0.1, -0.05) is 20.4 Å². The van der Waals surface area contributed by atoms with Gasteiger partial charge in [-0.3, -0.25) is 4.79 Å². The quantitative estimate of drug-likeness (QED) is 0.713. The minimum atomic E-state index is -1.22. The lowest BCUT2D eigenvalue weighted by atomic mass is 9.99. The Hall–Kier alpha value is -2.30. The Morgan fingerprint density at radius 1 is 1.42 bits per heavy atom. The van der Waals surface area contributed by atoms with Crippen LogP contribution in [0.2, 0.25) is 0 Å². The molecule has 0 aliphatic rings. The van der Waals surface area contributed by atoms with Gasteiger partial charge in [0.2, 0.25) is 0 Å². The van der Waals surface area contributed by atoms with Crippen LogP contribution in [-0.4, -0.2) is 22.1 Å². The van der Waals surface area contributed by atoms with E-state index < -0.39 is 5.97 Å². The largest absolute Gasteiger partial charge is 0.507 e. The second-order valence-corrected chi connectivity index (χ2v) is 4.33. The number of aromatic carboxylic acids is 1. The third kappa shape index (κ3) is 3.58. The van der Waals surface area contributed by atoms with Crippen LogP contribution in [0.5, 0.6) is 5.75 Å². The summed E-state index contributed by atoms with van der Waals surface area (Å²) in [5, 5.41) is 20.9. The number of amides is 1. The molecule has 19 heavy (non-hydrogen) atoms. The second kappa shape index (κ2) is 6.04. The molecule has 0 fully saturated rings. The van der Waals surface area contributed by atoms with E-state index in [-0.39, 0.29) is 23.1 Å². The molecule has 1 atom stereocenters. The Morgan fingerprint density at radius 2 is 2.05 bits per heavy atom. The fourth-order valence-electron chi connectivity index (χ4n) is 1.47. The summed E-state index contributed by atoms with van der Waals surface area (Å²) in [4.78, 5) is 22.6. The molecule has 0 saturated heterocycles. The standard InChI is InChI=1S/C14H17NO4/c1-4-8(2)9(3)13(17)15-10-5-6-11(14(18)19)12(16)7-10/h5-8,16H,3-4H2,1-2H3,(H,15,17)(H,18,19). The van der Waals surface area contributed by atoms with Crippen LogP contribution in [0.4, 0.5) is 5.69 Å². The Balaban J connectivity index is 2.84. The highest BCUT2D eigenvalue weighted by molar-refractivity contribution is 6.04. The highest BCUT2D eigenvalue weighted by atomic mass is 16.4. The lowest BCUT2D eigenvalue weighted by Crippen LogP contribution is -2.18. The first-order valence-corrected chi connectivity index (χ1v) is 5.93. The molecule has 102 valence electrons. The summed E-state index contributed by atoms with van der Waals surface area (Å²) in [5.74, 6) is -1.89. The normalized spacial score (nSPS) is 11.7. The van der Waals surface area contributed by atoms with Crippen LogP contribution in [0.1, 0.15) is 30.6 Å². The van der Waals surface area contributed by atoms with Crippen molar-refractivity contribution in [2.24, 2.45) is 5.92 Å². The zero-order valence-corrected chi connectivity index (χ0v) is 10.9. The molecular formula is C14H17NO4. The third-order valence-electron chi connectivity index (χ3n) is 2.98. The van der Waals surface area contributed by atoms with Gasteiger partial charge in [-0.2, -0.15) is 0 Å². The molecule has 1 aromatic rings. The fourth-order valence-corrected chi connectivity index (χ4v) is 1.47. The van der Waals surface area contributed by atoms with Gasteiger partial charge in [0.25, 0.3) is 5.91 Å². The van der Waals surface area contributed by atoms with E-state index in [0.717, 1.165) is 6.42 Å². The molecule has 0 radical (unpaired) electrons. The van der Waals surface area contributed by atoms with E-state index >= 15 is 0 Å². The summed E-state index contributed by atoms with van der Waals surface area (Å²) >= 11 is 0. The van der Waals surface area contributed by atoms with E-state index in [9.17, 15) is 14.7 Å². The molecule has 1 amide bonds. The molecule has 1 unspecified atom stereocenters. The first kappa shape index (κ1) is 14.8. The average Bonchev–Trinajstić information content (AvgIpc) is 2.36. The highest BCUT2D eigenvalue weighted by Gasteiger charge is 2.15. The Kier molecular flexibility index (Phi) is 4.69. The number of carbonyl (C=O) groups excluding carboxylic acids is 1. The molecule has 5 nitrogen and oxygen atoms in total. The molecule has 0 aliphatic carbocycles. The maximum atomic E-state index is 11.8. The van der Waals surface area contributed by atoms with Crippen LogP contribution in [0.25, 0.3) is 0 Å². The van der Waals surface area contributed by atoms with Crippen molar-refractivity contribution in [1.29, 1.82) is 0 Å². The molecule has 3 N–H and O–H groups in total. The molecular weight excluding hydrogens is 246 g/mol. The number of rotatable bonds is 5. The summed E-state index contributed by atoms with van der Waals surface area (Å²) in [6, 6.07) is 3.86. The summed E-state index contributed by atoms with van der Waals surface area (Å²) in [6.45, 7) is 7.57. The predicted octanol–water partition coefficient (Wildman–Crippen LogP) is 2.63. The number of carboxylic acid groups (broad SMARTS) is 1. The minimum absolute atomic E-state index is 0.0619. The maximum Gasteiger partial charge on any atom is 0.339 e. The van der Waals surface area contributed by atoms with Crippen molar-refractivity contribution in [1.82, 2.24) is 0 Å². The van der Waals surface area contributed by atoms with Crippen molar-refractivity contribution >= 4 is 17.6 Å². The van der Waals surface area contributed by atoms with Crippen LogP contribution >= 0.6 is 0 Å². The number of anilines is 1. The van der Waals surface area contributed by atoms with Gasteiger partial charge in [-0.05, 0) is 24.5 Å². The van der Waals surface area contributed by atoms with Crippen molar-refractivity contribution in [2.45, 2.75) is 20.3 Å². The summed E-state index contributed by atoms with van der Waals surface area (Å²) in [7, 11) is 0. The molecule has 1 aromatic carbocycles. The van der Waals surface area contributed by atoms with E-state index in [4.69, 9.17) is 5.11 Å². The summed E-state index contributed by atoms with van der Waals surface area (Å²) in [6.07, 6.45) is 0.801. The van der Waals surface area contributed by atoms with Gasteiger partial charge < -0.3 is 15.5 Å². The first-order valence-electron chi connectivity index (χ1n) is 5.93. The van der Waals surface area contributed by atoms with Crippen LogP contribution in [0.15, 0.2) is 30.4 Å². The number of hydrogen-bond acceptors (Lipinski definition) is 3. The molecule has 0 saturated carbocycles.